The molecule has 5 nitrogen and oxygen atoms in total. The van der Waals surface area contributed by atoms with E-state index < -0.39 is 10.0 Å². The third-order valence-electron chi connectivity index (χ3n) is 4.01. The van der Waals surface area contributed by atoms with Crippen LogP contribution in [0.25, 0.3) is 10.8 Å². The number of benzene rings is 2. The van der Waals surface area contributed by atoms with Gasteiger partial charge in [0.1, 0.15) is 0 Å². The highest BCUT2D eigenvalue weighted by Gasteiger charge is 2.43. The zero-order valence-electron chi connectivity index (χ0n) is 12.0. The third kappa shape index (κ3) is 3.45. The van der Waals surface area contributed by atoms with Gasteiger partial charge in [-0.3, -0.25) is 4.79 Å². The van der Waals surface area contributed by atoms with Crippen molar-refractivity contribution in [2.24, 2.45) is 11.1 Å². The lowest BCUT2D eigenvalue weighted by Gasteiger charge is -2.05. The average molecular weight is 318 g/mol. The van der Waals surface area contributed by atoms with E-state index in [1.807, 2.05) is 12.1 Å². The molecule has 0 aliphatic heterocycles. The summed E-state index contributed by atoms with van der Waals surface area (Å²) in [4.78, 5) is 12.0. The monoisotopic (exact) mass is 318 g/mol. The molecule has 0 bridgehead atoms. The predicted octanol–water partition coefficient (Wildman–Crippen LogP) is 1.35. The predicted molar refractivity (Wildman–Crippen MR) is 85.8 cm³/mol. The molecule has 1 fully saturated rings. The van der Waals surface area contributed by atoms with Gasteiger partial charge >= 0.3 is 0 Å². The molecule has 1 saturated carbocycles. The first kappa shape index (κ1) is 15.0. The van der Waals surface area contributed by atoms with Gasteiger partial charge in [-0.15, -0.1) is 0 Å². The maximum atomic E-state index is 12.0. The van der Waals surface area contributed by atoms with Crippen LogP contribution in [0.4, 0.5) is 0 Å². The highest BCUT2D eigenvalue weighted by molar-refractivity contribution is 7.89. The number of sulfonamides is 1. The number of hydrogen-bond acceptors (Lipinski definition) is 3. The van der Waals surface area contributed by atoms with E-state index in [0.29, 0.717) is 0 Å². The van der Waals surface area contributed by atoms with E-state index in [1.54, 1.807) is 0 Å². The zero-order valence-corrected chi connectivity index (χ0v) is 12.8. The van der Waals surface area contributed by atoms with Gasteiger partial charge in [0.05, 0.1) is 5.75 Å². The molecule has 0 heterocycles. The smallest absolute Gasteiger partial charge is 0.223 e. The molecule has 3 N–H and O–H groups in total. The Labute approximate surface area is 129 Å². The minimum atomic E-state index is -3.53. The number of primary sulfonamides is 1. The quantitative estimate of drug-likeness (QED) is 0.872. The number of amides is 1. The first-order valence-electron chi connectivity index (χ1n) is 7.21. The topological polar surface area (TPSA) is 89.3 Å². The van der Waals surface area contributed by atoms with Gasteiger partial charge in [-0.1, -0.05) is 42.5 Å². The summed E-state index contributed by atoms with van der Waals surface area (Å²) < 4.78 is 21.7. The standard InChI is InChI=1S/C16H18N2O3S/c17-22(20,21)8-7-18-16(19)15-10-14(15)13-6-5-11-3-1-2-4-12(11)9-13/h1-6,9,14-15H,7-8,10H2,(H,18,19)(H2,17,20,21)/t14-,15+/m1/s1. The number of carbonyl (C=O) groups is 1. The van der Waals surface area contributed by atoms with E-state index in [2.05, 4.69) is 35.6 Å². The summed E-state index contributed by atoms with van der Waals surface area (Å²) in [6, 6.07) is 14.4. The highest BCUT2D eigenvalue weighted by atomic mass is 32.2. The summed E-state index contributed by atoms with van der Waals surface area (Å²) in [5, 5.41) is 9.89. The van der Waals surface area contributed by atoms with Crippen LogP contribution in [0.2, 0.25) is 0 Å². The molecular formula is C16H18N2O3S. The van der Waals surface area contributed by atoms with Crippen LogP contribution in [0.1, 0.15) is 17.9 Å². The highest BCUT2D eigenvalue weighted by Crippen LogP contribution is 2.48. The molecule has 0 unspecified atom stereocenters. The lowest BCUT2D eigenvalue weighted by atomic mass is 10.0. The molecule has 1 aliphatic rings. The minimum absolute atomic E-state index is 0.0679. The molecule has 2 aromatic carbocycles. The van der Waals surface area contributed by atoms with Crippen molar-refractivity contribution in [1.29, 1.82) is 0 Å². The summed E-state index contributed by atoms with van der Waals surface area (Å²) in [5.74, 6) is -0.172. The Hall–Kier alpha value is -1.92. The normalized spacial score (nSPS) is 20.8. The van der Waals surface area contributed by atoms with Crippen LogP contribution in [0.5, 0.6) is 0 Å². The molecule has 3 rings (SSSR count). The van der Waals surface area contributed by atoms with Gasteiger partial charge in [-0.2, -0.15) is 0 Å². The first-order chi connectivity index (χ1) is 10.4. The van der Waals surface area contributed by atoms with Crippen molar-refractivity contribution in [2.45, 2.75) is 12.3 Å². The van der Waals surface area contributed by atoms with Crippen molar-refractivity contribution in [2.75, 3.05) is 12.3 Å². The van der Waals surface area contributed by atoms with Gasteiger partial charge in [-0.05, 0) is 28.7 Å². The Morgan fingerprint density at radius 2 is 1.91 bits per heavy atom. The molecule has 2 atom stereocenters. The fraction of sp³-hybridized carbons (Fsp3) is 0.312. The third-order valence-corrected chi connectivity index (χ3v) is 4.79. The summed E-state index contributed by atoms with van der Waals surface area (Å²) >= 11 is 0. The Balaban J connectivity index is 1.62. The molecule has 0 radical (unpaired) electrons. The van der Waals surface area contributed by atoms with E-state index in [1.165, 1.54) is 10.8 Å². The van der Waals surface area contributed by atoms with Crippen LogP contribution in [0, 0.1) is 5.92 Å². The second-order valence-electron chi connectivity index (χ2n) is 5.71. The number of nitrogens with one attached hydrogen (secondary N) is 1. The number of rotatable bonds is 5. The molecule has 0 saturated heterocycles. The van der Waals surface area contributed by atoms with Crippen LogP contribution in [-0.2, 0) is 14.8 Å². The number of nitrogens with two attached hydrogens (primary N) is 1. The van der Waals surface area contributed by atoms with E-state index >= 15 is 0 Å². The van der Waals surface area contributed by atoms with Crippen LogP contribution < -0.4 is 10.5 Å². The van der Waals surface area contributed by atoms with E-state index in [4.69, 9.17) is 5.14 Å². The molecule has 6 heteroatoms. The molecular weight excluding hydrogens is 300 g/mol. The summed E-state index contributed by atoms with van der Waals surface area (Å²) in [5.41, 5.74) is 1.16. The maximum absolute atomic E-state index is 12.0. The van der Waals surface area contributed by atoms with Crippen molar-refractivity contribution in [3.05, 3.63) is 48.0 Å². The Bertz CT molecular complexity index is 817. The van der Waals surface area contributed by atoms with Crippen LogP contribution in [-0.4, -0.2) is 26.6 Å². The van der Waals surface area contributed by atoms with Crippen molar-refractivity contribution >= 4 is 26.7 Å². The second-order valence-corrected chi connectivity index (χ2v) is 7.45. The van der Waals surface area contributed by atoms with E-state index in [9.17, 15) is 13.2 Å². The summed E-state index contributed by atoms with van der Waals surface area (Å²) in [6.07, 6.45) is 0.805. The SMILES string of the molecule is NS(=O)(=O)CCNC(=O)[C@H]1C[C@@H]1c1ccc2ccccc2c1. The van der Waals surface area contributed by atoms with Crippen LogP contribution in [0.15, 0.2) is 42.5 Å². The first-order valence-corrected chi connectivity index (χ1v) is 8.92. The second kappa shape index (κ2) is 5.70. The Morgan fingerprint density at radius 1 is 1.18 bits per heavy atom. The lowest BCUT2D eigenvalue weighted by Crippen LogP contribution is -2.32. The Kier molecular flexibility index (Phi) is 3.88. The van der Waals surface area contributed by atoms with Crippen molar-refractivity contribution in [1.82, 2.24) is 5.32 Å². The van der Waals surface area contributed by atoms with Gasteiger partial charge < -0.3 is 5.32 Å². The molecule has 0 aromatic heterocycles. The van der Waals surface area contributed by atoms with Crippen molar-refractivity contribution in [3.63, 3.8) is 0 Å². The van der Waals surface area contributed by atoms with Gasteiger partial charge in [0.15, 0.2) is 0 Å². The molecule has 116 valence electrons. The number of carbonyl (C=O) groups excluding carboxylic acids is 1. The summed E-state index contributed by atoms with van der Waals surface area (Å²) in [7, 11) is -3.53. The molecule has 1 amide bonds. The number of hydrogen-bond donors (Lipinski definition) is 2. The maximum Gasteiger partial charge on any atom is 0.223 e. The Morgan fingerprint density at radius 3 is 2.64 bits per heavy atom. The average Bonchev–Trinajstić information content (AvgIpc) is 3.26. The van der Waals surface area contributed by atoms with E-state index in [0.717, 1.165) is 12.0 Å². The van der Waals surface area contributed by atoms with Gasteiger partial charge in [0.25, 0.3) is 0 Å². The fourth-order valence-corrected chi connectivity index (χ4v) is 3.13. The van der Waals surface area contributed by atoms with Crippen LogP contribution in [0.3, 0.4) is 0 Å². The molecule has 0 spiro atoms. The number of fused-ring (bicyclic) bond motifs is 1. The lowest BCUT2D eigenvalue weighted by molar-refractivity contribution is -0.122. The largest absolute Gasteiger partial charge is 0.355 e. The van der Waals surface area contributed by atoms with Crippen LogP contribution >= 0.6 is 0 Å². The van der Waals surface area contributed by atoms with E-state index in [-0.39, 0.29) is 30.0 Å². The molecule has 22 heavy (non-hydrogen) atoms. The zero-order chi connectivity index (χ0) is 15.7. The fourth-order valence-electron chi connectivity index (χ4n) is 2.74. The van der Waals surface area contributed by atoms with Gasteiger partial charge in [0, 0.05) is 12.5 Å². The van der Waals surface area contributed by atoms with Gasteiger partial charge in [-0.25, -0.2) is 13.6 Å². The molecule has 2 aromatic rings. The van der Waals surface area contributed by atoms with Gasteiger partial charge in [0.2, 0.25) is 15.9 Å². The van der Waals surface area contributed by atoms with Crippen molar-refractivity contribution < 1.29 is 13.2 Å². The summed E-state index contributed by atoms with van der Waals surface area (Å²) in [6.45, 7) is 0.0681. The molecule has 1 aliphatic carbocycles. The van der Waals surface area contributed by atoms with Crippen molar-refractivity contribution in [3.8, 4) is 0 Å². The minimum Gasteiger partial charge on any atom is -0.355 e.